The van der Waals surface area contributed by atoms with Crippen molar-refractivity contribution >= 4 is 5.97 Å². The minimum absolute atomic E-state index is 0.548. The summed E-state index contributed by atoms with van der Waals surface area (Å²) >= 11 is 0. The van der Waals surface area contributed by atoms with Crippen LogP contribution >= 0.6 is 0 Å². The summed E-state index contributed by atoms with van der Waals surface area (Å²) in [5.41, 5.74) is -0.548. The molecule has 0 aromatic rings. The van der Waals surface area contributed by atoms with Crippen LogP contribution in [0, 0.1) is 17.3 Å². The molecule has 1 fully saturated rings. The predicted octanol–water partition coefficient (Wildman–Crippen LogP) is 7.21. The second-order valence-electron chi connectivity index (χ2n) is 8.80. The van der Waals surface area contributed by atoms with Crippen molar-refractivity contribution in [2.24, 2.45) is 17.3 Å². The van der Waals surface area contributed by atoms with Crippen LogP contribution in [0.4, 0.5) is 0 Å². The highest BCUT2D eigenvalue weighted by molar-refractivity contribution is 5.73. The molecule has 2 nitrogen and oxygen atoms in total. The summed E-state index contributed by atoms with van der Waals surface area (Å²) in [7, 11) is 0. The lowest BCUT2D eigenvalue weighted by atomic mass is 9.85. The van der Waals surface area contributed by atoms with Crippen LogP contribution in [-0.4, -0.2) is 11.1 Å². The summed E-state index contributed by atoms with van der Waals surface area (Å²) in [6.45, 7) is 5.98. The van der Waals surface area contributed by atoms with Crippen LogP contribution in [0.2, 0.25) is 0 Å². The molecule has 0 aromatic carbocycles. The molecule has 1 saturated carbocycles. The van der Waals surface area contributed by atoms with Gasteiger partial charge < -0.3 is 5.11 Å². The normalized spacial score (nSPS) is 21.3. The summed E-state index contributed by atoms with van der Waals surface area (Å²) in [5.74, 6) is 1.30. The van der Waals surface area contributed by atoms with Gasteiger partial charge in [-0.25, -0.2) is 0 Å². The second kappa shape index (κ2) is 11.9. The summed E-state index contributed by atoms with van der Waals surface area (Å²) in [4.78, 5) is 11.1. The molecule has 142 valence electrons. The zero-order valence-corrected chi connectivity index (χ0v) is 16.6. The first kappa shape index (κ1) is 21.5. The maximum atomic E-state index is 11.1. The Morgan fingerprint density at radius 2 is 1.38 bits per heavy atom. The summed E-state index contributed by atoms with van der Waals surface area (Å²) in [6, 6.07) is 0. The van der Waals surface area contributed by atoms with Crippen LogP contribution in [0.25, 0.3) is 0 Å². The van der Waals surface area contributed by atoms with Crippen molar-refractivity contribution in [1.82, 2.24) is 0 Å². The van der Waals surface area contributed by atoms with Crippen molar-refractivity contribution in [3.8, 4) is 0 Å². The van der Waals surface area contributed by atoms with E-state index in [2.05, 4.69) is 6.92 Å². The highest BCUT2D eigenvalue weighted by atomic mass is 16.4. The Morgan fingerprint density at radius 1 is 0.875 bits per heavy atom. The number of hydrogen-bond acceptors (Lipinski definition) is 1. The van der Waals surface area contributed by atoms with Gasteiger partial charge in [0.15, 0.2) is 0 Å². The van der Waals surface area contributed by atoms with E-state index in [1.165, 1.54) is 83.5 Å². The third-order valence-electron chi connectivity index (χ3n) is 6.20. The average molecular weight is 339 g/mol. The molecule has 2 atom stereocenters. The lowest BCUT2D eigenvalue weighted by Crippen LogP contribution is -2.23. The van der Waals surface area contributed by atoms with Crippen LogP contribution in [0.1, 0.15) is 117 Å². The summed E-state index contributed by atoms with van der Waals surface area (Å²) in [6.07, 6.45) is 20.1. The Morgan fingerprint density at radius 3 is 1.92 bits per heavy atom. The van der Waals surface area contributed by atoms with Crippen molar-refractivity contribution < 1.29 is 9.90 Å². The molecule has 0 aromatic heterocycles. The first-order valence-electron chi connectivity index (χ1n) is 10.7. The van der Waals surface area contributed by atoms with Crippen molar-refractivity contribution in [3.63, 3.8) is 0 Å². The van der Waals surface area contributed by atoms with Crippen LogP contribution in [0.5, 0.6) is 0 Å². The molecule has 0 unspecified atom stereocenters. The molecule has 2 heteroatoms. The Kier molecular flexibility index (Phi) is 10.7. The number of carboxylic acids is 1. The maximum absolute atomic E-state index is 11.1. The fourth-order valence-electron chi connectivity index (χ4n) is 4.32. The van der Waals surface area contributed by atoms with Crippen LogP contribution in [-0.2, 0) is 4.79 Å². The monoisotopic (exact) mass is 338 g/mol. The number of rotatable bonds is 14. The van der Waals surface area contributed by atoms with Gasteiger partial charge in [0, 0.05) is 0 Å². The summed E-state index contributed by atoms with van der Waals surface area (Å²) in [5, 5.41) is 9.16. The van der Waals surface area contributed by atoms with Crippen molar-refractivity contribution in [2.75, 3.05) is 0 Å². The zero-order valence-electron chi connectivity index (χ0n) is 16.6. The van der Waals surface area contributed by atoms with Crippen LogP contribution in [0.3, 0.4) is 0 Å². The van der Waals surface area contributed by atoms with Crippen molar-refractivity contribution in [1.29, 1.82) is 0 Å². The van der Waals surface area contributed by atoms with Crippen LogP contribution in [0.15, 0.2) is 0 Å². The van der Waals surface area contributed by atoms with Gasteiger partial charge in [-0.15, -0.1) is 0 Å². The molecule has 0 spiro atoms. The Hall–Kier alpha value is -0.530. The molecule has 0 radical (unpaired) electrons. The Bertz CT molecular complexity index is 335. The van der Waals surface area contributed by atoms with Gasteiger partial charge in [-0.3, -0.25) is 4.79 Å². The minimum atomic E-state index is -0.655. The molecule has 1 aliphatic rings. The van der Waals surface area contributed by atoms with E-state index < -0.39 is 11.4 Å². The van der Waals surface area contributed by atoms with E-state index in [0.717, 1.165) is 24.7 Å². The molecule has 1 aliphatic carbocycles. The topological polar surface area (TPSA) is 37.3 Å². The lowest BCUT2D eigenvalue weighted by Gasteiger charge is -2.21. The molecule has 1 N–H and O–H groups in total. The van der Waals surface area contributed by atoms with Gasteiger partial charge in [-0.1, -0.05) is 96.8 Å². The van der Waals surface area contributed by atoms with Gasteiger partial charge in [-0.05, 0) is 32.1 Å². The predicted molar refractivity (Wildman–Crippen MR) is 103 cm³/mol. The number of carboxylic acid groups (broad SMARTS) is 1. The number of aliphatic carboxylic acids is 1. The fourth-order valence-corrected chi connectivity index (χ4v) is 4.32. The van der Waals surface area contributed by atoms with E-state index in [1.54, 1.807) is 0 Å². The number of unbranched alkanes of at least 4 members (excludes halogenated alkanes) is 7. The Labute approximate surface area is 150 Å². The van der Waals surface area contributed by atoms with Crippen molar-refractivity contribution in [3.05, 3.63) is 0 Å². The highest BCUT2D eigenvalue weighted by Crippen LogP contribution is 2.38. The molecule has 0 saturated heterocycles. The SMILES string of the molecule is CCCCCCCC[C@H]1CCC[C@@H]1CCCCCC(C)(C)C(=O)O. The zero-order chi connectivity index (χ0) is 17.8. The third-order valence-corrected chi connectivity index (χ3v) is 6.20. The smallest absolute Gasteiger partial charge is 0.309 e. The van der Waals surface area contributed by atoms with E-state index in [9.17, 15) is 4.79 Å². The fraction of sp³-hybridized carbons (Fsp3) is 0.955. The molecule has 0 amide bonds. The lowest BCUT2D eigenvalue weighted by molar-refractivity contribution is -0.147. The van der Waals surface area contributed by atoms with Gasteiger partial charge in [0.1, 0.15) is 0 Å². The van der Waals surface area contributed by atoms with E-state index in [1.807, 2.05) is 13.8 Å². The molecular weight excluding hydrogens is 296 g/mol. The molecular formula is C22H42O2. The van der Waals surface area contributed by atoms with Gasteiger partial charge in [0.2, 0.25) is 0 Å². The van der Waals surface area contributed by atoms with E-state index in [4.69, 9.17) is 5.11 Å². The molecule has 0 aliphatic heterocycles. The summed E-state index contributed by atoms with van der Waals surface area (Å²) < 4.78 is 0. The van der Waals surface area contributed by atoms with Gasteiger partial charge in [0.25, 0.3) is 0 Å². The Balaban J connectivity index is 2.08. The van der Waals surface area contributed by atoms with Crippen molar-refractivity contribution in [2.45, 2.75) is 117 Å². The van der Waals surface area contributed by atoms with E-state index in [-0.39, 0.29) is 0 Å². The number of hydrogen-bond donors (Lipinski definition) is 1. The largest absolute Gasteiger partial charge is 0.481 e. The minimum Gasteiger partial charge on any atom is -0.481 e. The molecule has 1 rings (SSSR count). The molecule has 0 bridgehead atoms. The van der Waals surface area contributed by atoms with E-state index >= 15 is 0 Å². The van der Waals surface area contributed by atoms with Crippen LogP contribution < -0.4 is 0 Å². The standard InChI is InChI=1S/C22H42O2/c1-4-5-6-7-8-10-14-19-16-13-17-20(19)15-11-9-12-18-22(2,3)21(23)24/h19-20H,4-18H2,1-3H3,(H,23,24)/t19-,20-/m0/s1. The third kappa shape index (κ3) is 8.53. The average Bonchev–Trinajstić information content (AvgIpc) is 2.97. The van der Waals surface area contributed by atoms with E-state index in [0.29, 0.717) is 0 Å². The molecule has 24 heavy (non-hydrogen) atoms. The first-order valence-corrected chi connectivity index (χ1v) is 10.7. The highest BCUT2D eigenvalue weighted by Gasteiger charge is 2.27. The number of carbonyl (C=O) groups is 1. The van der Waals surface area contributed by atoms with Gasteiger partial charge in [-0.2, -0.15) is 0 Å². The second-order valence-corrected chi connectivity index (χ2v) is 8.80. The van der Waals surface area contributed by atoms with Gasteiger partial charge in [0.05, 0.1) is 5.41 Å². The molecule has 0 heterocycles. The maximum Gasteiger partial charge on any atom is 0.309 e. The quantitative estimate of drug-likeness (QED) is 0.340. The first-order chi connectivity index (χ1) is 11.5. The van der Waals surface area contributed by atoms with Gasteiger partial charge >= 0.3 is 5.97 Å².